The van der Waals surface area contributed by atoms with E-state index in [0.29, 0.717) is 16.8 Å². The Balaban J connectivity index is 2.16. The number of aromatic nitrogens is 2. The zero-order chi connectivity index (χ0) is 14.4. The van der Waals surface area contributed by atoms with Crippen LogP contribution in [0.4, 0.5) is 11.7 Å². The Morgan fingerprint density at radius 1 is 0.952 bits per heavy atom. The minimum absolute atomic E-state index is 0.134. The van der Waals surface area contributed by atoms with Crippen molar-refractivity contribution in [3.05, 3.63) is 48.7 Å². The molecule has 5 heteroatoms. The van der Waals surface area contributed by atoms with E-state index in [2.05, 4.69) is 9.97 Å². The topological polar surface area (TPSA) is 91.0 Å². The molecule has 0 fully saturated rings. The Kier molecular flexibility index (Phi) is 2.35. The van der Waals surface area contributed by atoms with Crippen molar-refractivity contribution in [2.24, 2.45) is 0 Å². The van der Waals surface area contributed by atoms with Crippen LogP contribution in [0.3, 0.4) is 0 Å². The standard InChI is InChI=1S/C16H12N4O/c17-11-5-6-13-15(20-16(18)21-13)14(11)10-7-8-19-12-4-2-1-3-9(10)12/h1-8H,17H2,(H2,18,20). The van der Waals surface area contributed by atoms with Crippen LogP contribution in [-0.4, -0.2) is 9.97 Å². The first-order chi connectivity index (χ1) is 10.2. The Morgan fingerprint density at radius 2 is 1.81 bits per heavy atom. The van der Waals surface area contributed by atoms with E-state index in [1.807, 2.05) is 30.3 Å². The molecule has 0 spiro atoms. The van der Waals surface area contributed by atoms with Crippen molar-refractivity contribution in [3.8, 4) is 11.1 Å². The number of nitrogens with two attached hydrogens (primary N) is 2. The molecule has 0 aliphatic heterocycles. The summed E-state index contributed by atoms with van der Waals surface area (Å²) in [5, 5.41) is 1.01. The Labute approximate surface area is 120 Å². The van der Waals surface area contributed by atoms with E-state index >= 15 is 0 Å². The van der Waals surface area contributed by atoms with Crippen molar-refractivity contribution in [3.63, 3.8) is 0 Å². The van der Waals surface area contributed by atoms with E-state index < -0.39 is 0 Å². The molecule has 5 nitrogen and oxygen atoms in total. The smallest absolute Gasteiger partial charge is 0.293 e. The third kappa shape index (κ3) is 1.71. The first-order valence-corrected chi connectivity index (χ1v) is 6.52. The van der Waals surface area contributed by atoms with Gasteiger partial charge in [0.15, 0.2) is 5.58 Å². The van der Waals surface area contributed by atoms with Crippen molar-refractivity contribution in [2.75, 3.05) is 11.5 Å². The molecular formula is C16H12N4O. The maximum Gasteiger partial charge on any atom is 0.293 e. The van der Waals surface area contributed by atoms with Crippen LogP contribution in [0, 0.1) is 0 Å². The molecular weight excluding hydrogens is 264 g/mol. The predicted molar refractivity (Wildman–Crippen MR) is 83.6 cm³/mol. The molecule has 0 aliphatic rings. The molecule has 0 unspecified atom stereocenters. The van der Waals surface area contributed by atoms with Crippen LogP contribution in [0.25, 0.3) is 33.1 Å². The number of hydrogen-bond acceptors (Lipinski definition) is 5. The number of para-hydroxylation sites is 1. The van der Waals surface area contributed by atoms with Gasteiger partial charge in [-0.1, -0.05) is 18.2 Å². The minimum atomic E-state index is 0.134. The van der Waals surface area contributed by atoms with Crippen LogP contribution < -0.4 is 11.5 Å². The van der Waals surface area contributed by atoms with Gasteiger partial charge in [0, 0.05) is 22.8 Å². The molecule has 4 N–H and O–H groups in total. The average Bonchev–Trinajstić information content (AvgIpc) is 2.87. The highest BCUT2D eigenvalue weighted by molar-refractivity contribution is 6.06. The summed E-state index contributed by atoms with van der Waals surface area (Å²) in [6.45, 7) is 0. The van der Waals surface area contributed by atoms with Crippen molar-refractivity contribution < 1.29 is 4.42 Å². The third-order valence-electron chi connectivity index (χ3n) is 3.53. The first kappa shape index (κ1) is 11.7. The lowest BCUT2D eigenvalue weighted by Gasteiger charge is -2.09. The molecule has 4 rings (SSSR count). The lowest BCUT2D eigenvalue weighted by Crippen LogP contribution is -1.93. The molecule has 0 amide bonds. The molecule has 2 aromatic heterocycles. The van der Waals surface area contributed by atoms with E-state index in [1.165, 1.54) is 0 Å². The van der Waals surface area contributed by atoms with E-state index in [9.17, 15) is 0 Å². The van der Waals surface area contributed by atoms with Crippen LogP contribution in [-0.2, 0) is 0 Å². The number of pyridine rings is 1. The molecule has 21 heavy (non-hydrogen) atoms. The van der Waals surface area contributed by atoms with Crippen molar-refractivity contribution in [2.45, 2.75) is 0 Å². The summed E-state index contributed by atoms with van der Waals surface area (Å²) >= 11 is 0. The largest absolute Gasteiger partial charge is 0.424 e. The summed E-state index contributed by atoms with van der Waals surface area (Å²) in [5.74, 6) is 0. The van der Waals surface area contributed by atoms with Gasteiger partial charge < -0.3 is 15.9 Å². The lowest BCUT2D eigenvalue weighted by molar-refractivity contribution is 0.626. The highest BCUT2D eigenvalue weighted by atomic mass is 16.4. The van der Waals surface area contributed by atoms with Gasteiger partial charge in [-0.3, -0.25) is 4.98 Å². The predicted octanol–water partition coefficient (Wildman–Crippen LogP) is 3.21. The molecule has 0 saturated heterocycles. The zero-order valence-corrected chi connectivity index (χ0v) is 11.1. The Bertz CT molecular complexity index is 969. The molecule has 4 aromatic rings. The van der Waals surface area contributed by atoms with Crippen molar-refractivity contribution in [1.29, 1.82) is 0 Å². The third-order valence-corrected chi connectivity index (χ3v) is 3.53. The van der Waals surface area contributed by atoms with E-state index in [1.54, 1.807) is 18.3 Å². The highest BCUT2D eigenvalue weighted by Crippen LogP contribution is 2.37. The SMILES string of the molecule is Nc1nc2c(-c3ccnc4ccccc34)c(N)ccc2o1. The lowest BCUT2D eigenvalue weighted by atomic mass is 9.99. The number of fused-ring (bicyclic) bond motifs is 2. The summed E-state index contributed by atoms with van der Waals surface area (Å²) in [5.41, 5.74) is 16.5. The minimum Gasteiger partial charge on any atom is -0.424 e. The van der Waals surface area contributed by atoms with Crippen LogP contribution in [0.2, 0.25) is 0 Å². The second kappa shape index (κ2) is 4.21. The van der Waals surface area contributed by atoms with Gasteiger partial charge in [-0.2, -0.15) is 4.98 Å². The average molecular weight is 276 g/mol. The Morgan fingerprint density at radius 3 is 2.71 bits per heavy atom. The van der Waals surface area contributed by atoms with Gasteiger partial charge in [-0.05, 0) is 29.8 Å². The summed E-state index contributed by atoms with van der Waals surface area (Å²) in [6.07, 6.45) is 1.76. The molecule has 0 bridgehead atoms. The van der Waals surface area contributed by atoms with Crippen molar-refractivity contribution >= 4 is 33.7 Å². The number of oxazole rings is 1. The zero-order valence-electron chi connectivity index (χ0n) is 11.1. The summed E-state index contributed by atoms with van der Waals surface area (Å²) in [6, 6.07) is 13.6. The molecule has 2 aromatic carbocycles. The monoisotopic (exact) mass is 276 g/mol. The summed E-state index contributed by atoms with van der Waals surface area (Å²) in [7, 11) is 0. The number of anilines is 2. The van der Waals surface area contributed by atoms with Gasteiger partial charge in [-0.25, -0.2) is 0 Å². The molecule has 0 radical (unpaired) electrons. The maximum atomic E-state index is 6.18. The van der Waals surface area contributed by atoms with E-state index in [4.69, 9.17) is 15.9 Å². The van der Waals surface area contributed by atoms with E-state index in [-0.39, 0.29) is 6.01 Å². The maximum absolute atomic E-state index is 6.18. The van der Waals surface area contributed by atoms with Gasteiger partial charge in [-0.15, -0.1) is 0 Å². The number of benzene rings is 2. The van der Waals surface area contributed by atoms with Gasteiger partial charge in [0.2, 0.25) is 0 Å². The van der Waals surface area contributed by atoms with Gasteiger partial charge in [0.05, 0.1) is 5.52 Å². The number of hydrogen-bond donors (Lipinski definition) is 2. The van der Waals surface area contributed by atoms with E-state index in [0.717, 1.165) is 22.0 Å². The van der Waals surface area contributed by atoms with Crippen molar-refractivity contribution in [1.82, 2.24) is 9.97 Å². The summed E-state index contributed by atoms with van der Waals surface area (Å²) in [4.78, 5) is 8.64. The normalized spacial score (nSPS) is 11.2. The quantitative estimate of drug-likeness (QED) is 0.521. The fourth-order valence-corrected chi connectivity index (χ4v) is 2.62. The van der Waals surface area contributed by atoms with Crippen LogP contribution >= 0.6 is 0 Å². The van der Waals surface area contributed by atoms with Gasteiger partial charge in [0.25, 0.3) is 6.01 Å². The fourth-order valence-electron chi connectivity index (χ4n) is 2.62. The van der Waals surface area contributed by atoms with Gasteiger partial charge in [0.1, 0.15) is 5.52 Å². The summed E-state index contributed by atoms with van der Waals surface area (Å²) < 4.78 is 5.39. The number of nitrogen functional groups attached to an aromatic ring is 2. The number of nitrogens with zero attached hydrogens (tertiary/aromatic N) is 2. The first-order valence-electron chi connectivity index (χ1n) is 6.52. The molecule has 0 atom stereocenters. The highest BCUT2D eigenvalue weighted by Gasteiger charge is 2.15. The molecule has 0 saturated carbocycles. The number of rotatable bonds is 1. The fraction of sp³-hybridized carbons (Fsp3) is 0. The van der Waals surface area contributed by atoms with Crippen LogP contribution in [0.5, 0.6) is 0 Å². The molecule has 0 aliphatic carbocycles. The van der Waals surface area contributed by atoms with Crippen LogP contribution in [0.15, 0.2) is 53.1 Å². The van der Waals surface area contributed by atoms with Crippen LogP contribution in [0.1, 0.15) is 0 Å². The second-order valence-corrected chi connectivity index (χ2v) is 4.80. The van der Waals surface area contributed by atoms with Gasteiger partial charge >= 0.3 is 0 Å². The Hall–Kier alpha value is -3.08. The molecule has 102 valence electrons. The molecule has 2 heterocycles. The second-order valence-electron chi connectivity index (χ2n) is 4.80.